The first kappa shape index (κ1) is 34.2. The van der Waals surface area contributed by atoms with Gasteiger partial charge in [-0.1, -0.05) is 56.3 Å². The number of amides is 1. The lowest BCUT2D eigenvalue weighted by Crippen LogP contribution is -2.48. The Bertz CT molecular complexity index is 1810. The molecule has 1 aliphatic heterocycles. The molecular weight excluding hydrogens is 631 g/mol. The van der Waals surface area contributed by atoms with Crippen molar-refractivity contribution in [3.05, 3.63) is 101 Å². The summed E-state index contributed by atoms with van der Waals surface area (Å²) in [6, 6.07) is 20.4. The molecule has 3 heterocycles. The van der Waals surface area contributed by atoms with E-state index in [1.165, 1.54) is 34.5 Å². The molecule has 2 aromatic carbocycles. The number of carbonyl (C=O) groups excluding carboxylic acids is 1. The first-order chi connectivity index (χ1) is 24.2. The molecule has 2 aliphatic carbocycles. The molecule has 2 aromatic heterocycles. The number of β-amino-alcohol motifs (C(OH)–C–C–N with tert-alkyl or cyclic N) is 1. The SMILES string of the molecule is CC1(C)CC(N2CCN(CCO)CC2)c2ccc(-c3ccc(CO[C@H]4CCC[C@@H]4NC(=O)c4cc(-c5ccc(F)nc5)cnc4N)cc3)cc21. The first-order valence-corrected chi connectivity index (χ1v) is 17.8. The van der Waals surface area contributed by atoms with Crippen molar-refractivity contribution in [3.8, 4) is 22.3 Å². The summed E-state index contributed by atoms with van der Waals surface area (Å²) in [4.78, 5) is 26.2. The van der Waals surface area contributed by atoms with Crippen LogP contribution in [0.4, 0.5) is 10.2 Å². The summed E-state index contributed by atoms with van der Waals surface area (Å²) in [5.41, 5.74) is 14.1. The number of piperazine rings is 1. The van der Waals surface area contributed by atoms with Crippen LogP contribution in [0.5, 0.6) is 0 Å². The van der Waals surface area contributed by atoms with E-state index in [1.54, 1.807) is 18.3 Å². The summed E-state index contributed by atoms with van der Waals surface area (Å²) in [5.74, 6) is -0.741. The quantitative estimate of drug-likeness (QED) is 0.182. The summed E-state index contributed by atoms with van der Waals surface area (Å²) in [5, 5.41) is 12.5. The third-order valence-electron chi connectivity index (χ3n) is 10.9. The number of nitrogens with one attached hydrogen (secondary N) is 1. The number of halogens is 1. The van der Waals surface area contributed by atoms with Crippen LogP contribution in [0.2, 0.25) is 0 Å². The second-order valence-corrected chi connectivity index (χ2v) is 14.6. The number of ether oxygens (including phenoxy) is 1. The Kier molecular flexibility index (Phi) is 9.97. The lowest BCUT2D eigenvalue weighted by atomic mass is 9.85. The maximum absolute atomic E-state index is 13.3. The van der Waals surface area contributed by atoms with Crippen molar-refractivity contribution >= 4 is 11.7 Å². The predicted molar refractivity (Wildman–Crippen MR) is 193 cm³/mol. The van der Waals surface area contributed by atoms with Gasteiger partial charge in [0.15, 0.2) is 0 Å². The Morgan fingerprint density at radius 1 is 0.960 bits per heavy atom. The van der Waals surface area contributed by atoms with Crippen molar-refractivity contribution in [2.45, 2.75) is 69.7 Å². The average molecular weight is 679 g/mol. The van der Waals surface area contributed by atoms with Crippen LogP contribution in [-0.2, 0) is 16.8 Å². The molecule has 1 saturated carbocycles. The fourth-order valence-electron chi connectivity index (χ4n) is 7.98. The van der Waals surface area contributed by atoms with E-state index in [-0.39, 0.29) is 41.5 Å². The van der Waals surface area contributed by atoms with E-state index in [0.717, 1.165) is 64.0 Å². The number of fused-ring (bicyclic) bond motifs is 1. The van der Waals surface area contributed by atoms with Crippen LogP contribution < -0.4 is 11.1 Å². The van der Waals surface area contributed by atoms with E-state index >= 15 is 0 Å². The molecule has 1 unspecified atom stereocenters. The highest BCUT2D eigenvalue weighted by atomic mass is 19.1. The molecule has 10 heteroatoms. The Labute approximate surface area is 293 Å². The van der Waals surface area contributed by atoms with Crippen molar-refractivity contribution in [1.82, 2.24) is 25.1 Å². The van der Waals surface area contributed by atoms with Crippen LogP contribution in [0, 0.1) is 5.95 Å². The largest absolute Gasteiger partial charge is 0.395 e. The number of rotatable bonds is 10. The molecule has 9 nitrogen and oxygen atoms in total. The van der Waals surface area contributed by atoms with Crippen molar-refractivity contribution in [2.24, 2.45) is 0 Å². The first-order valence-electron chi connectivity index (χ1n) is 17.8. The van der Waals surface area contributed by atoms with E-state index in [9.17, 15) is 14.3 Å². The average Bonchev–Trinajstić information content (AvgIpc) is 3.68. The summed E-state index contributed by atoms with van der Waals surface area (Å²) in [6.07, 6.45) is 6.61. The van der Waals surface area contributed by atoms with Crippen molar-refractivity contribution in [2.75, 3.05) is 45.1 Å². The maximum Gasteiger partial charge on any atom is 0.255 e. The predicted octanol–water partition coefficient (Wildman–Crippen LogP) is 5.73. The number of pyridine rings is 2. The minimum Gasteiger partial charge on any atom is -0.395 e. The monoisotopic (exact) mass is 678 g/mol. The molecule has 3 atom stereocenters. The summed E-state index contributed by atoms with van der Waals surface area (Å²) >= 11 is 0. The zero-order valence-electron chi connectivity index (χ0n) is 28.9. The van der Waals surface area contributed by atoms with Gasteiger partial charge < -0.3 is 20.9 Å². The van der Waals surface area contributed by atoms with Gasteiger partial charge in [-0.3, -0.25) is 14.6 Å². The highest BCUT2D eigenvalue weighted by molar-refractivity contribution is 5.99. The maximum atomic E-state index is 13.3. The number of aliphatic hydroxyl groups excluding tert-OH is 1. The molecule has 7 rings (SSSR count). The minimum absolute atomic E-state index is 0.102. The lowest BCUT2D eigenvalue weighted by molar-refractivity contribution is 0.0272. The molecule has 4 N–H and O–H groups in total. The Balaban J connectivity index is 0.967. The fourth-order valence-corrected chi connectivity index (χ4v) is 7.98. The van der Waals surface area contributed by atoms with Crippen LogP contribution in [0.25, 0.3) is 22.3 Å². The fraction of sp³-hybridized carbons (Fsp3) is 0.425. The molecule has 4 aromatic rings. The number of nitrogen functional groups attached to an aromatic ring is 1. The van der Waals surface area contributed by atoms with Gasteiger partial charge >= 0.3 is 0 Å². The van der Waals surface area contributed by atoms with Gasteiger partial charge in [-0.2, -0.15) is 4.39 Å². The molecule has 1 saturated heterocycles. The zero-order valence-corrected chi connectivity index (χ0v) is 28.9. The van der Waals surface area contributed by atoms with E-state index in [0.29, 0.717) is 23.8 Å². The van der Waals surface area contributed by atoms with Crippen molar-refractivity contribution in [1.29, 1.82) is 0 Å². The standard InChI is InChI=1S/C40H47FN6O3/c1-40(2)22-35(47-16-14-46(15-17-47)18-19-48)31-12-10-28(21-33(31)40)27-8-6-26(7-9-27)25-50-36-5-3-4-34(36)45-39(49)32-20-30(24-44-38(32)42)29-11-13-37(41)43-23-29/h6-13,20-21,23-24,34-36,48H,3-5,14-19,22,25H2,1-2H3,(H2,42,44)(H,45,49)/t34-,35?,36-/m0/s1. The Morgan fingerprint density at radius 3 is 2.44 bits per heavy atom. The summed E-state index contributed by atoms with van der Waals surface area (Å²) in [7, 11) is 0. The van der Waals surface area contributed by atoms with Gasteiger partial charge in [0.1, 0.15) is 5.82 Å². The number of anilines is 1. The number of hydrogen-bond acceptors (Lipinski definition) is 8. The van der Waals surface area contributed by atoms with Crippen molar-refractivity contribution < 1.29 is 19.0 Å². The number of aliphatic hydroxyl groups is 1. The number of hydrogen-bond donors (Lipinski definition) is 3. The number of nitrogens with two attached hydrogens (primary N) is 1. The molecule has 0 spiro atoms. The highest BCUT2D eigenvalue weighted by Gasteiger charge is 2.40. The van der Waals surface area contributed by atoms with Gasteiger partial charge in [-0.25, -0.2) is 9.97 Å². The van der Waals surface area contributed by atoms with Gasteiger partial charge in [0, 0.05) is 62.3 Å². The molecule has 0 radical (unpaired) electrons. The Morgan fingerprint density at radius 2 is 1.70 bits per heavy atom. The van der Waals surface area contributed by atoms with Crippen molar-refractivity contribution in [3.63, 3.8) is 0 Å². The third-order valence-corrected chi connectivity index (χ3v) is 10.9. The molecule has 0 bridgehead atoms. The number of aromatic nitrogens is 2. The second kappa shape index (κ2) is 14.6. The topological polar surface area (TPSA) is 117 Å². The third kappa shape index (κ3) is 7.30. The minimum atomic E-state index is -0.572. The van der Waals surface area contributed by atoms with E-state index in [4.69, 9.17) is 10.5 Å². The molecule has 3 aliphatic rings. The molecule has 1 amide bonds. The lowest BCUT2D eigenvalue weighted by Gasteiger charge is -2.38. The normalized spacial score (nSPS) is 22.0. The summed E-state index contributed by atoms with van der Waals surface area (Å²) < 4.78 is 19.7. The number of nitrogens with zero attached hydrogens (tertiary/aromatic N) is 4. The van der Waals surface area contributed by atoms with Crippen LogP contribution in [0.15, 0.2) is 73.1 Å². The van der Waals surface area contributed by atoms with Crippen LogP contribution >= 0.6 is 0 Å². The van der Waals surface area contributed by atoms with E-state index in [1.807, 2.05) is 0 Å². The van der Waals surface area contributed by atoms with Gasteiger partial charge in [-0.05, 0) is 77.1 Å². The second-order valence-electron chi connectivity index (χ2n) is 14.6. The summed E-state index contributed by atoms with van der Waals surface area (Å²) in [6.45, 7) is 10.3. The Hall–Kier alpha value is -4.22. The van der Waals surface area contributed by atoms with Gasteiger partial charge in [0.05, 0.1) is 30.9 Å². The molecule has 50 heavy (non-hydrogen) atoms. The van der Waals surface area contributed by atoms with Crippen LogP contribution in [0.3, 0.4) is 0 Å². The van der Waals surface area contributed by atoms with Crippen LogP contribution in [-0.4, -0.2) is 82.3 Å². The highest BCUT2D eigenvalue weighted by Crippen LogP contribution is 2.48. The zero-order chi connectivity index (χ0) is 34.8. The molecule has 262 valence electrons. The number of benzene rings is 2. The van der Waals surface area contributed by atoms with E-state index < -0.39 is 5.95 Å². The molecule has 2 fully saturated rings. The van der Waals surface area contributed by atoms with Gasteiger partial charge in [0.25, 0.3) is 5.91 Å². The van der Waals surface area contributed by atoms with Gasteiger partial charge in [-0.15, -0.1) is 0 Å². The van der Waals surface area contributed by atoms with E-state index in [2.05, 4.69) is 81.4 Å². The smallest absolute Gasteiger partial charge is 0.255 e. The molecular formula is C40H47FN6O3. The van der Waals surface area contributed by atoms with Gasteiger partial charge in [0.2, 0.25) is 5.95 Å². The van der Waals surface area contributed by atoms with Crippen LogP contribution in [0.1, 0.15) is 72.6 Å². The number of carbonyl (C=O) groups is 1.